The summed E-state index contributed by atoms with van der Waals surface area (Å²) < 4.78 is 68.2. The molecule has 0 aliphatic heterocycles. The SMILES string of the molecule is O=C(CC1CC1(F)F)N(Cc1ccc(-c2noc(C(F)(F)F)n2)cc1)CC1CC1. The molecule has 4 rings (SSSR count). The number of halogens is 5. The lowest BCUT2D eigenvalue weighted by atomic mass is 10.1. The summed E-state index contributed by atoms with van der Waals surface area (Å²) in [4.78, 5) is 17.4. The van der Waals surface area contributed by atoms with Crippen LogP contribution in [0.1, 0.15) is 37.1 Å². The molecule has 156 valence electrons. The van der Waals surface area contributed by atoms with E-state index in [0.717, 1.165) is 18.4 Å². The first-order valence-electron chi connectivity index (χ1n) is 9.27. The molecule has 2 aliphatic carbocycles. The molecule has 2 saturated carbocycles. The Balaban J connectivity index is 1.42. The van der Waals surface area contributed by atoms with Gasteiger partial charge in [0.1, 0.15) is 0 Å². The number of rotatable bonds is 7. The lowest BCUT2D eigenvalue weighted by Crippen LogP contribution is -2.33. The lowest BCUT2D eigenvalue weighted by Gasteiger charge is -2.23. The van der Waals surface area contributed by atoms with Crippen LogP contribution in [0.5, 0.6) is 0 Å². The van der Waals surface area contributed by atoms with Gasteiger partial charge in [0.15, 0.2) is 0 Å². The number of alkyl halides is 5. The van der Waals surface area contributed by atoms with E-state index in [9.17, 15) is 26.7 Å². The molecule has 0 saturated heterocycles. The van der Waals surface area contributed by atoms with Crippen LogP contribution in [0.4, 0.5) is 22.0 Å². The van der Waals surface area contributed by atoms with Gasteiger partial charge >= 0.3 is 12.1 Å². The molecule has 1 aromatic heterocycles. The Labute approximate surface area is 162 Å². The minimum atomic E-state index is -4.72. The van der Waals surface area contributed by atoms with Crippen molar-refractivity contribution in [2.75, 3.05) is 6.54 Å². The Morgan fingerprint density at radius 1 is 1.21 bits per heavy atom. The van der Waals surface area contributed by atoms with Gasteiger partial charge in [-0.25, -0.2) is 8.78 Å². The van der Waals surface area contributed by atoms with Crippen molar-refractivity contribution in [3.8, 4) is 11.4 Å². The molecule has 1 atom stereocenters. The summed E-state index contributed by atoms with van der Waals surface area (Å²) >= 11 is 0. The number of amides is 1. The van der Waals surface area contributed by atoms with Crippen molar-refractivity contribution in [3.63, 3.8) is 0 Å². The second kappa shape index (κ2) is 7.07. The second-order valence-corrected chi connectivity index (χ2v) is 7.70. The molecule has 0 radical (unpaired) electrons. The maximum absolute atomic E-state index is 13.1. The standard InChI is InChI=1S/C19H18F5N3O2/c20-18(21)8-14(18)7-15(28)27(9-11-1-2-11)10-12-3-5-13(6-4-12)16-25-17(29-26-16)19(22,23)24/h3-6,11,14H,1-2,7-10H2. The highest BCUT2D eigenvalue weighted by Gasteiger charge is 2.57. The van der Waals surface area contributed by atoms with Crippen LogP contribution in [0.15, 0.2) is 28.8 Å². The van der Waals surface area contributed by atoms with E-state index >= 15 is 0 Å². The Bertz CT molecular complexity index is 890. The minimum Gasteiger partial charge on any atom is -0.338 e. The summed E-state index contributed by atoms with van der Waals surface area (Å²) in [5.74, 6) is -5.11. The molecule has 10 heteroatoms. The van der Waals surface area contributed by atoms with Crippen LogP contribution in [-0.2, 0) is 17.5 Å². The van der Waals surface area contributed by atoms with Gasteiger partial charge < -0.3 is 9.42 Å². The van der Waals surface area contributed by atoms with Crippen LogP contribution >= 0.6 is 0 Å². The van der Waals surface area contributed by atoms with Crippen molar-refractivity contribution >= 4 is 5.91 Å². The van der Waals surface area contributed by atoms with Gasteiger partial charge in [0.05, 0.1) is 0 Å². The molecule has 1 unspecified atom stereocenters. The molecule has 0 N–H and O–H groups in total. The first-order valence-corrected chi connectivity index (χ1v) is 9.27. The molecule has 2 aliphatic rings. The zero-order chi connectivity index (χ0) is 20.8. The fraction of sp³-hybridized carbons (Fsp3) is 0.526. The summed E-state index contributed by atoms with van der Waals surface area (Å²) in [5, 5.41) is 3.33. The zero-order valence-electron chi connectivity index (χ0n) is 15.3. The molecular formula is C19H18F5N3O2. The Hall–Kier alpha value is -2.52. The van der Waals surface area contributed by atoms with E-state index in [1.54, 1.807) is 17.0 Å². The van der Waals surface area contributed by atoms with E-state index in [2.05, 4.69) is 14.7 Å². The van der Waals surface area contributed by atoms with Crippen LogP contribution < -0.4 is 0 Å². The highest BCUT2D eigenvalue weighted by molar-refractivity contribution is 5.77. The largest absolute Gasteiger partial charge is 0.471 e. The van der Waals surface area contributed by atoms with Gasteiger partial charge in [-0.2, -0.15) is 18.2 Å². The Morgan fingerprint density at radius 3 is 2.38 bits per heavy atom. The summed E-state index contributed by atoms with van der Waals surface area (Å²) in [6, 6.07) is 6.38. The van der Waals surface area contributed by atoms with Gasteiger partial charge in [0, 0.05) is 37.4 Å². The molecule has 2 aromatic rings. The summed E-state index contributed by atoms with van der Waals surface area (Å²) in [7, 11) is 0. The predicted octanol–water partition coefficient (Wildman–Crippen LogP) is 4.54. The van der Waals surface area contributed by atoms with E-state index < -0.39 is 23.9 Å². The highest BCUT2D eigenvalue weighted by Crippen LogP contribution is 2.51. The zero-order valence-corrected chi connectivity index (χ0v) is 15.3. The van der Waals surface area contributed by atoms with Crippen molar-refractivity contribution < 1.29 is 31.3 Å². The maximum atomic E-state index is 13.1. The van der Waals surface area contributed by atoms with E-state index in [4.69, 9.17) is 0 Å². The van der Waals surface area contributed by atoms with Crippen molar-refractivity contribution in [2.24, 2.45) is 11.8 Å². The molecule has 1 amide bonds. The number of benzene rings is 1. The topological polar surface area (TPSA) is 59.2 Å². The third-order valence-electron chi connectivity index (χ3n) is 5.16. The van der Waals surface area contributed by atoms with Gasteiger partial charge in [0.2, 0.25) is 11.7 Å². The number of aromatic nitrogens is 2. The van der Waals surface area contributed by atoms with Gasteiger partial charge in [-0.15, -0.1) is 0 Å². The molecule has 0 spiro atoms. The van der Waals surface area contributed by atoms with Crippen molar-refractivity contribution in [1.29, 1.82) is 0 Å². The average Bonchev–Trinajstić information content (AvgIpc) is 3.49. The molecule has 29 heavy (non-hydrogen) atoms. The van der Waals surface area contributed by atoms with Gasteiger partial charge in [-0.05, 0) is 24.3 Å². The number of carbonyl (C=O) groups is 1. The molecule has 1 aromatic carbocycles. The van der Waals surface area contributed by atoms with E-state index in [1.165, 1.54) is 12.1 Å². The van der Waals surface area contributed by atoms with Gasteiger partial charge in [-0.3, -0.25) is 4.79 Å². The maximum Gasteiger partial charge on any atom is 0.471 e. The number of hydrogen-bond acceptors (Lipinski definition) is 4. The van der Waals surface area contributed by atoms with Crippen molar-refractivity contribution in [2.45, 2.75) is 44.3 Å². The predicted molar refractivity (Wildman–Crippen MR) is 90.5 cm³/mol. The first-order chi connectivity index (χ1) is 13.6. The first kappa shape index (κ1) is 19.8. The smallest absolute Gasteiger partial charge is 0.338 e. The highest BCUT2D eigenvalue weighted by atomic mass is 19.4. The normalized spacial score (nSPS) is 20.5. The van der Waals surface area contributed by atoms with E-state index in [1.807, 2.05) is 0 Å². The van der Waals surface area contributed by atoms with Crippen molar-refractivity contribution in [3.05, 3.63) is 35.7 Å². The molecular weight excluding hydrogens is 397 g/mol. The summed E-state index contributed by atoms with van der Waals surface area (Å²) in [6.07, 6.45) is -3.09. The Kier molecular flexibility index (Phi) is 4.82. The van der Waals surface area contributed by atoms with Crippen LogP contribution in [0.3, 0.4) is 0 Å². The molecule has 1 heterocycles. The van der Waals surface area contributed by atoms with Crippen molar-refractivity contribution in [1.82, 2.24) is 15.0 Å². The second-order valence-electron chi connectivity index (χ2n) is 7.70. The number of carbonyl (C=O) groups excluding carboxylic acids is 1. The van der Waals surface area contributed by atoms with Gasteiger partial charge in [0.25, 0.3) is 5.92 Å². The van der Waals surface area contributed by atoms with Crippen LogP contribution in [0.25, 0.3) is 11.4 Å². The average molecular weight is 415 g/mol. The summed E-state index contributed by atoms with van der Waals surface area (Å²) in [6.45, 7) is 0.784. The summed E-state index contributed by atoms with van der Waals surface area (Å²) in [5.41, 5.74) is 1.08. The third kappa shape index (κ3) is 4.73. The van der Waals surface area contributed by atoms with Crippen LogP contribution in [-0.4, -0.2) is 33.4 Å². The molecule has 5 nitrogen and oxygen atoms in total. The number of nitrogens with zero attached hydrogens (tertiary/aromatic N) is 3. The minimum absolute atomic E-state index is 0.166. The van der Waals surface area contributed by atoms with E-state index in [0.29, 0.717) is 18.0 Å². The number of hydrogen-bond donors (Lipinski definition) is 0. The molecule has 0 bridgehead atoms. The lowest BCUT2D eigenvalue weighted by molar-refractivity contribution is -0.159. The third-order valence-corrected chi connectivity index (χ3v) is 5.16. The molecule has 2 fully saturated rings. The quantitative estimate of drug-likeness (QED) is 0.623. The Morgan fingerprint density at radius 2 is 1.86 bits per heavy atom. The monoisotopic (exact) mass is 415 g/mol. The fourth-order valence-electron chi connectivity index (χ4n) is 3.13. The fourth-order valence-corrected chi connectivity index (χ4v) is 3.13. The van der Waals surface area contributed by atoms with E-state index in [-0.39, 0.29) is 31.1 Å². The van der Waals surface area contributed by atoms with Crippen LogP contribution in [0, 0.1) is 11.8 Å². The van der Waals surface area contributed by atoms with Gasteiger partial charge in [-0.1, -0.05) is 29.4 Å². The van der Waals surface area contributed by atoms with Crippen LogP contribution in [0.2, 0.25) is 0 Å².